The minimum Gasteiger partial charge on any atom is -0.490 e. The van der Waals surface area contributed by atoms with Gasteiger partial charge in [-0.15, -0.1) is 11.3 Å². The van der Waals surface area contributed by atoms with E-state index in [1.165, 1.54) is 11.3 Å². The highest BCUT2D eigenvalue weighted by atomic mass is 32.1. The SMILES string of the molecule is O=C(c1cscn1)N1C2CCC1CC(Oc1ccncc1)C2. The average Bonchev–Trinajstić information content (AvgIpc) is 3.15. The van der Waals surface area contributed by atoms with Gasteiger partial charge >= 0.3 is 0 Å². The van der Waals surface area contributed by atoms with Crippen LogP contribution in [0.4, 0.5) is 0 Å². The van der Waals surface area contributed by atoms with Crippen LogP contribution in [-0.2, 0) is 0 Å². The van der Waals surface area contributed by atoms with Gasteiger partial charge in [0.05, 0.1) is 5.51 Å². The summed E-state index contributed by atoms with van der Waals surface area (Å²) in [5.74, 6) is 0.940. The van der Waals surface area contributed by atoms with Crippen LogP contribution in [0, 0.1) is 0 Å². The van der Waals surface area contributed by atoms with E-state index in [4.69, 9.17) is 4.74 Å². The number of aromatic nitrogens is 2. The Kier molecular flexibility index (Phi) is 3.54. The lowest BCUT2D eigenvalue weighted by Gasteiger charge is -2.38. The molecule has 2 aromatic rings. The molecule has 4 heterocycles. The Hall–Kier alpha value is -1.95. The summed E-state index contributed by atoms with van der Waals surface area (Å²) in [6.07, 6.45) is 7.59. The first-order valence-electron chi connectivity index (χ1n) is 7.59. The number of piperidine rings is 1. The first-order valence-corrected chi connectivity index (χ1v) is 8.53. The molecule has 4 rings (SSSR count). The van der Waals surface area contributed by atoms with Crippen molar-refractivity contribution >= 4 is 17.2 Å². The molecule has 0 aliphatic carbocycles. The number of pyridine rings is 1. The fourth-order valence-electron chi connectivity index (χ4n) is 3.61. The Balaban J connectivity index is 1.47. The number of rotatable bonds is 3. The Bertz CT molecular complexity index is 633. The van der Waals surface area contributed by atoms with Crippen LogP contribution in [0.5, 0.6) is 5.75 Å². The van der Waals surface area contributed by atoms with Gasteiger partial charge in [-0.05, 0) is 25.0 Å². The van der Waals surface area contributed by atoms with Gasteiger partial charge in [-0.2, -0.15) is 0 Å². The molecule has 0 spiro atoms. The molecule has 2 aliphatic rings. The second-order valence-electron chi connectivity index (χ2n) is 5.87. The van der Waals surface area contributed by atoms with E-state index in [0.29, 0.717) is 5.69 Å². The van der Waals surface area contributed by atoms with E-state index in [1.54, 1.807) is 17.9 Å². The number of hydrogen-bond donors (Lipinski definition) is 0. The van der Waals surface area contributed by atoms with Gasteiger partial charge in [0.2, 0.25) is 0 Å². The number of thiazole rings is 1. The van der Waals surface area contributed by atoms with Crippen LogP contribution in [0.15, 0.2) is 35.4 Å². The number of ether oxygens (including phenoxy) is 1. The second kappa shape index (κ2) is 5.68. The first-order chi connectivity index (χ1) is 10.8. The van der Waals surface area contributed by atoms with Crippen molar-refractivity contribution in [3.8, 4) is 5.75 Å². The zero-order valence-corrected chi connectivity index (χ0v) is 12.9. The highest BCUT2D eigenvalue weighted by Crippen LogP contribution is 2.38. The summed E-state index contributed by atoms with van der Waals surface area (Å²) in [6.45, 7) is 0. The molecule has 2 atom stereocenters. The normalized spacial score (nSPS) is 26.9. The maximum absolute atomic E-state index is 12.6. The predicted molar refractivity (Wildman–Crippen MR) is 83.0 cm³/mol. The Morgan fingerprint density at radius 2 is 1.95 bits per heavy atom. The topological polar surface area (TPSA) is 55.3 Å². The lowest BCUT2D eigenvalue weighted by Crippen LogP contribution is -2.49. The van der Waals surface area contributed by atoms with Crippen LogP contribution < -0.4 is 4.74 Å². The third-order valence-electron chi connectivity index (χ3n) is 4.53. The van der Waals surface area contributed by atoms with Crippen LogP contribution in [0.3, 0.4) is 0 Å². The van der Waals surface area contributed by atoms with Gasteiger partial charge in [-0.1, -0.05) is 0 Å². The standard InChI is InChI=1S/C16H17N3O2S/c20-16(15-9-22-10-18-15)19-11-1-2-12(19)8-14(7-11)21-13-3-5-17-6-4-13/h3-6,9-12,14H,1-2,7-8H2. The van der Waals surface area contributed by atoms with E-state index >= 15 is 0 Å². The summed E-state index contributed by atoms with van der Waals surface area (Å²) >= 11 is 1.47. The molecule has 0 saturated carbocycles. The lowest BCUT2D eigenvalue weighted by atomic mass is 9.99. The van der Waals surface area contributed by atoms with E-state index in [1.807, 2.05) is 22.4 Å². The molecule has 0 aromatic carbocycles. The van der Waals surface area contributed by atoms with Gasteiger partial charge in [0.15, 0.2) is 0 Å². The molecule has 2 bridgehead atoms. The largest absolute Gasteiger partial charge is 0.490 e. The van der Waals surface area contributed by atoms with E-state index in [9.17, 15) is 4.79 Å². The van der Waals surface area contributed by atoms with Crippen molar-refractivity contribution in [2.75, 3.05) is 0 Å². The molecular weight excluding hydrogens is 298 g/mol. The Morgan fingerprint density at radius 3 is 2.59 bits per heavy atom. The summed E-state index contributed by atoms with van der Waals surface area (Å²) in [7, 11) is 0. The monoisotopic (exact) mass is 315 g/mol. The molecule has 114 valence electrons. The van der Waals surface area contributed by atoms with Crippen LogP contribution >= 0.6 is 11.3 Å². The minimum atomic E-state index is 0.0797. The number of hydrogen-bond acceptors (Lipinski definition) is 5. The summed E-state index contributed by atoms with van der Waals surface area (Å²) < 4.78 is 6.06. The van der Waals surface area contributed by atoms with Gasteiger partial charge in [-0.25, -0.2) is 4.98 Å². The van der Waals surface area contributed by atoms with Crippen LogP contribution in [0.2, 0.25) is 0 Å². The summed E-state index contributed by atoms with van der Waals surface area (Å²) in [6, 6.07) is 4.32. The smallest absolute Gasteiger partial charge is 0.273 e. The first kappa shape index (κ1) is 13.7. The fraction of sp³-hybridized carbons (Fsp3) is 0.438. The van der Waals surface area contributed by atoms with Gasteiger partial charge < -0.3 is 9.64 Å². The number of fused-ring (bicyclic) bond motifs is 2. The molecule has 2 aliphatic heterocycles. The zero-order valence-electron chi connectivity index (χ0n) is 12.1. The maximum Gasteiger partial charge on any atom is 0.273 e. The Morgan fingerprint density at radius 1 is 1.23 bits per heavy atom. The molecule has 2 saturated heterocycles. The summed E-state index contributed by atoms with van der Waals surface area (Å²) in [5.41, 5.74) is 2.30. The molecule has 0 N–H and O–H groups in total. The fourth-order valence-corrected chi connectivity index (χ4v) is 4.14. The van der Waals surface area contributed by atoms with Crippen molar-refractivity contribution in [1.29, 1.82) is 0 Å². The van der Waals surface area contributed by atoms with Crippen molar-refractivity contribution in [2.24, 2.45) is 0 Å². The van der Waals surface area contributed by atoms with Crippen molar-refractivity contribution in [3.05, 3.63) is 41.1 Å². The minimum absolute atomic E-state index is 0.0797. The number of amides is 1. The van der Waals surface area contributed by atoms with E-state index in [-0.39, 0.29) is 24.1 Å². The van der Waals surface area contributed by atoms with E-state index < -0.39 is 0 Å². The molecule has 1 amide bonds. The van der Waals surface area contributed by atoms with Crippen molar-refractivity contribution in [3.63, 3.8) is 0 Å². The van der Waals surface area contributed by atoms with Crippen molar-refractivity contribution < 1.29 is 9.53 Å². The summed E-state index contributed by atoms with van der Waals surface area (Å²) in [4.78, 5) is 22.8. The zero-order chi connectivity index (χ0) is 14.9. The third kappa shape index (κ3) is 2.47. The molecule has 5 nitrogen and oxygen atoms in total. The molecular formula is C16H17N3O2S. The maximum atomic E-state index is 12.6. The second-order valence-corrected chi connectivity index (χ2v) is 6.58. The van der Waals surface area contributed by atoms with E-state index in [2.05, 4.69) is 9.97 Å². The number of carbonyl (C=O) groups excluding carboxylic acids is 1. The van der Waals surface area contributed by atoms with Gasteiger partial charge in [0, 0.05) is 42.7 Å². The van der Waals surface area contributed by atoms with Crippen LogP contribution in [0.1, 0.15) is 36.2 Å². The number of carbonyl (C=O) groups is 1. The molecule has 2 unspecified atom stereocenters. The molecule has 22 heavy (non-hydrogen) atoms. The van der Waals surface area contributed by atoms with E-state index in [0.717, 1.165) is 31.4 Å². The highest BCUT2D eigenvalue weighted by molar-refractivity contribution is 7.07. The summed E-state index contributed by atoms with van der Waals surface area (Å²) in [5, 5.41) is 1.83. The van der Waals surface area contributed by atoms with Gasteiger partial charge in [0.1, 0.15) is 17.5 Å². The molecule has 2 fully saturated rings. The predicted octanol–water partition coefficient (Wildman–Crippen LogP) is 2.75. The average molecular weight is 315 g/mol. The highest BCUT2D eigenvalue weighted by Gasteiger charge is 2.44. The molecule has 6 heteroatoms. The quantitative estimate of drug-likeness (QED) is 0.874. The van der Waals surface area contributed by atoms with Gasteiger partial charge in [0.25, 0.3) is 5.91 Å². The van der Waals surface area contributed by atoms with Crippen LogP contribution in [-0.4, -0.2) is 39.0 Å². The third-order valence-corrected chi connectivity index (χ3v) is 5.11. The molecule has 2 aromatic heterocycles. The van der Waals surface area contributed by atoms with Gasteiger partial charge in [-0.3, -0.25) is 9.78 Å². The molecule has 0 radical (unpaired) electrons. The lowest BCUT2D eigenvalue weighted by molar-refractivity contribution is 0.0354. The Labute approximate surface area is 133 Å². The van der Waals surface area contributed by atoms with Crippen molar-refractivity contribution in [1.82, 2.24) is 14.9 Å². The number of nitrogens with zero attached hydrogens (tertiary/aromatic N) is 3. The van der Waals surface area contributed by atoms with Crippen LogP contribution in [0.25, 0.3) is 0 Å². The van der Waals surface area contributed by atoms with Crippen molar-refractivity contribution in [2.45, 2.75) is 43.9 Å².